The zero-order chi connectivity index (χ0) is 19.4. The van der Waals surface area contributed by atoms with Crippen molar-refractivity contribution < 1.29 is 13.5 Å². The van der Waals surface area contributed by atoms with Gasteiger partial charge in [0.25, 0.3) is 0 Å². The van der Waals surface area contributed by atoms with Crippen molar-refractivity contribution in [2.24, 2.45) is 0 Å². The van der Waals surface area contributed by atoms with Gasteiger partial charge >= 0.3 is 0 Å². The molecule has 0 N–H and O–H groups in total. The second kappa shape index (κ2) is 8.68. The van der Waals surface area contributed by atoms with Gasteiger partial charge in [0, 0.05) is 42.8 Å². The van der Waals surface area contributed by atoms with Gasteiger partial charge in [0.1, 0.15) is 11.4 Å². The summed E-state index contributed by atoms with van der Waals surface area (Å²) in [6.07, 6.45) is 4.93. The van der Waals surface area contributed by atoms with E-state index >= 15 is 0 Å². The summed E-state index contributed by atoms with van der Waals surface area (Å²) >= 11 is 1.75. The summed E-state index contributed by atoms with van der Waals surface area (Å²) in [5.41, 5.74) is 2.15. The lowest BCUT2D eigenvalue weighted by atomic mass is 9.93. The molecule has 0 saturated carbocycles. The molecular formula is C23H26FNO2S. The van der Waals surface area contributed by atoms with Crippen LogP contribution >= 0.6 is 11.8 Å². The van der Waals surface area contributed by atoms with Gasteiger partial charge in [-0.3, -0.25) is 0 Å². The molecule has 4 rings (SSSR count). The highest BCUT2D eigenvalue weighted by Crippen LogP contribution is 2.33. The lowest BCUT2D eigenvalue weighted by Crippen LogP contribution is -2.47. The van der Waals surface area contributed by atoms with Crippen molar-refractivity contribution in [2.75, 3.05) is 32.5 Å². The predicted molar refractivity (Wildman–Crippen MR) is 112 cm³/mol. The van der Waals surface area contributed by atoms with Crippen LogP contribution in [0, 0.1) is 5.82 Å². The zero-order valence-electron chi connectivity index (χ0n) is 16.2. The number of fused-ring (bicyclic) bond motifs is 1. The summed E-state index contributed by atoms with van der Waals surface area (Å²) in [5, 5.41) is 1.22. The van der Waals surface area contributed by atoms with Gasteiger partial charge in [-0.05, 0) is 55.2 Å². The van der Waals surface area contributed by atoms with Gasteiger partial charge in [-0.15, -0.1) is 11.8 Å². The molecule has 1 saturated heterocycles. The molecule has 3 nitrogen and oxygen atoms in total. The summed E-state index contributed by atoms with van der Waals surface area (Å²) in [6.45, 7) is 3.11. The van der Waals surface area contributed by atoms with Crippen LogP contribution in [0.5, 0.6) is 0 Å². The first-order chi connectivity index (χ1) is 13.7. The van der Waals surface area contributed by atoms with Crippen molar-refractivity contribution in [2.45, 2.75) is 29.8 Å². The Bertz CT molecular complexity index is 900. The molecule has 0 aliphatic carbocycles. The van der Waals surface area contributed by atoms with E-state index in [9.17, 15) is 4.39 Å². The average molecular weight is 400 g/mol. The molecule has 0 radical (unpaired) electrons. The smallest absolute Gasteiger partial charge is 0.134 e. The first-order valence-electron chi connectivity index (χ1n) is 9.78. The summed E-state index contributed by atoms with van der Waals surface area (Å²) in [7, 11) is 1.82. The highest BCUT2D eigenvalue weighted by atomic mass is 32.2. The van der Waals surface area contributed by atoms with Crippen LogP contribution in [0.4, 0.5) is 4.39 Å². The first kappa shape index (κ1) is 19.5. The number of nitrogens with zero attached hydrogens (tertiary/aromatic N) is 1. The largest absolute Gasteiger partial charge is 0.464 e. The third-order valence-corrected chi connectivity index (χ3v) is 7.05. The van der Waals surface area contributed by atoms with Crippen LogP contribution in [0.25, 0.3) is 11.0 Å². The number of rotatable bonds is 7. The van der Waals surface area contributed by atoms with Gasteiger partial charge in [-0.2, -0.15) is 0 Å². The Hall–Kier alpha value is -1.82. The molecule has 0 bridgehead atoms. The molecule has 2 aromatic carbocycles. The van der Waals surface area contributed by atoms with Gasteiger partial charge in [0.2, 0.25) is 0 Å². The molecule has 0 unspecified atom stereocenters. The summed E-state index contributed by atoms with van der Waals surface area (Å²) in [4.78, 5) is 3.61. The van der Waals surface area contributed by atoms with E-state index < -0.39 is 0 Å². The average Bonchev–Trinajstić information content (AvgIpc) is 3.16. The van der Waals surface area contributed by atoms with E-state index in [0.717, 1.165) is 55.1 Å². The second-order valence-corrected chi connectivity index (χ2v) is 8.53. The number of benzene rings is 2. The Morgan fingerprint density at radius 1 is 1.11 bits per heavy atom. The Balaban J connectivity index is 1.29. The van der Waals surface area contributed by atoms with E-state index in [1.54, 1.807) is 11.8 Å². The predicted octanol–water partition coefficient (Wildman–Crippen LogP) is 5.39. The van der Waals surface area contributed by atoms with E-state index in [2.05, 4.69) is 17.0 Å². The first-order valence-corrected chi connectivity index (χ1v) is 10.8. The molecule has 0 spiro atoms. The highest BCUT2D eigenvalue weighted by molar-refractivity contribution is 7.99. The fraction of sp³-hybridized carbons (Fsp3) is 0.391. The molecule has 5 heteroatoms. The Kier molecular flexibility index (Phi) is 6.04. The molecule has 148 valence electrons. The van der Waals surface area contributed by atoms with Gasteiger partial charge in [-0.25, -0.2) is 4.39 Å². The standard InChI is InChI=1S/C23H26FNO2S/c1-26-23(17-28-20-8-6-19(24)7-9-20)11-14-25(15-12-23)13-10-18-16-27-22-5-3-2-4-21(18)22/h2-9,16H,10-15,17H2,1H3. The van der Waals surface area contributed by atoms with E-state index in [0.29, 0.717) is 0 Å². The number of halogens is 1. The van der Waals surface area contributed by atoms with E-state index in [-0.39, 0.29) is 11.4 Å². The number of piperidine rings is 1. The van der Waals surface area contributed by atoms with Gasteiger partial charge in [-0.1, -0.05) is 18.2 Å². The number of hydrogen-bond acceptors (Lipinski definition) is 4. The molecule has 1 fully saturated rings. The third kappa shape index (κ3) is 4.43. The van der Waals surface area contributed by atoms with Crippen molar-refractivity contribution in [1.82, 2.24) is 4.90 Å². The van der Waals surface area contributed by atoms with Crippen LogP contribution in [-0.2, 0) is 11.2 Å². The minimum atomic E-state index is -0.190. The van der Waals surface area contributed by atoms with Crippen LogP contribution in [0.3, 0.4) is 0 Å². The topological polar surface area (TPSA) is 25.6 Å². The fourth-order valence-electron chi connectivity index (χ4n) is 3.84. The molecule has 2 heterocycles. The van der Waals surface area contributed by atoms with Gasteiger partial charge in [0.05, 0.1) is 11.9 Å². The number of hydrogen-bond donors (Lipinski definition) is 0. The number of methoxy groups -OCH3 is 1. The lowest BCUT2D eigenvalue weighted by Gasteiger charge is -2.40. The number of para-hydroxylation sites is 1. The highest BCUT2D eigenvalue weighted by Gasteiger charge is 2.34. The molecule has 0 amide bonds. The maximum Gasteiger partial charge on any atom is 0.134 e. The lowest BCUT2D eigenvalue weighted by molar-refractivity contribution is -0.0385. The maximum absolute atomic E-state index is 13.1. The van der Waals surface area contributed by atoms with E-state index in [1.165, 1.54) is 23.1 Å². The summed E-state index contributed by atoms with van der Waals surface area (Å²) in [6, 6.07) is 14.9. The van der Waals surface area contributed by atoms with Crippen LogP contribution in [-0.4, -0.2) is 43.0 Å². The van der Waals surface area contributed by atoms with Crippen molar-refractivity contribution in [1.29, 1.82) is 0 Å². The van der Waals surface area contributed by atoms with Crippen molar-refractivity contribution in [3.05, 3.63) is 66.2 Å². The minimum absolute atomic E-state index is 0.0993. The molecular weight excluding hydrogens is 373 g/mol. The Morgan fingerprint density at radius 3 is 2.61 bits per heavy atom. The Morgan fingerprint density at radius 2 is 1.86 bits per heavy atom. The molecule has 28 heavy (non-hydrogen) atoms. The van der Waals surface area contributed by atoms with Crippen LogP contribution < -0.4 is 0 Å². The SMILES string of the molecule is COC1(CSc2ccc(F)cc2)CCN(CCc2coc3ccccc23)CC1. The van der Waals surface area contributed by atoms with Crippen molar-refractivity contribution in [3.63, 3.8) is 0 Å². The van der Waals surface area contributed by atoms with Gasteiger partial charge in [0.15, 0.2) is 0 Å². The number of ether oxygens (including phenoxy) is 1. The van der Waals surface area contributed by atoms with Gasteiger partial charge < -0.3 is 14.1 Å². The van der Waals surface area contributed by atoms with Crippen molar-refractivity contribution in [3.8, 4) is 0 Å². The third-order valence-electron chi connectivity index (χ3n) is 5.77. The molecule has 3 aromatic rings. The Labute approximate surface area is 169 Å². The molecule has 1 aliphatic rings. The zero-order valence-corrected chi connectivity index (χ0v) is 17.0. The fourth-order valence-corrected chi connectivity index (χ4v) is 5.01. The van der Waals surface area contributed by atoms with E-state index in [4.69, 9.17) is 9.15 Å². The van der Waals surface area contributed by atoms with Crippen LogP contribution in [0.15, 0.2) is 64.1 Å². The molecule has 0 atom stereocenters. The van der Waals surface area contributed by atoms with E-state index in [1.807, 2.05) is 37.6 Å². The number of thioether (sulfide) groups is 1. The number of furan rings is 1. The summed E-state index contributed by atoms with van der Waals surface area (Å²) in [5.74, 6) is 0.708. The quantitative estimate of drug-likeness (QED) is 0.498. The van der Waals surface area contributed by atoms with Crippen LogP contribution in [0.2, 0.25) is 0 Å². The summed E-state index contributed by atoms with van der Waals surface area (Å²) < 4.78 is 24.7. The second-order valence-electron chi connectivity index (χ2n) is 7.48. The minimum Gasteiger partial charge on any atom is -0.464 e. The monoisotopic (exact) mass is 399 g/mol. The van der Waals surface area contributed by atoms with Crippen molar-refractivity contribution >= 4 is 22.7 Å². The number of likely N-dealkylation sites (tertiary alicyclic amines) is 1. The van der Waals surface area contributed by atoms with Crippen LogP contribution in [0.1, 0.15) is 18.4 Å². The normalized spacial score (nSPS) is 17.2. The maximum atomic E-state index is 13.1. The molecule has 1 aromatic heterocycles. The molecule has 1 aliphatic heterocycles.